The van der Waals surface area contributed by atoms with Gasteiger partial charge in [0.1, 0.15) is 5.75 Å². The van der Waals surface area contributed by atoms with Gasteiger partial charge in [-0.2, -0.15) is 39.5 Å². The Balaban J connectivity index is 3.25. The smallest absolute Gasteiger partial charge is 0.460 e. The highest BCUT2D eigenvalue weighted by atomic mass is 19.4. The van der Waals surface area contributed by atoms with Crippen molar-refractivity contribution in [1.82, 2.24) is 0 Å². The highest BCUT2D eigenvalue weighted by Crippen LogP contribution is 2.53. The summed E-state index contributed by atoms with van der Waals surface area (Å²) < 4.78 is 113. The molecule has 0 radical (unpaired) electrons. The summed E-state index contributed by atoms with van der Waals surface area (Å²) in [5.74, 6) is -14.5. The normalized spacial score (nSPS) is 14.5. The van der Waals surface area contributed by atoms with Crippen molar-refractivity contribution in [3.8, 4) is 5.75 Å². The first-order chi connectivity index (χ1) is 10.1. The number of rotatable bonds is 4. The Labute approximate surface area is 123 Å². The van der Waals surface area contributed by atoms with Gasteiger partial charge in [0.15, 0.2) is 0 Å². The van der Waals surface area contributed by atoms with E-state index in [1.165, 1.54) is 19.1 Å². The van der Waals surface area contributed by atoms with Crippen molar-refractivity contribution in [2.24, 2.45) is 4.99 Å². The molecule has 0 fully saturated rings. The molecule has 0 aliphatic carbocycles. The van der Waals surface area contributed by atoms with Gasteiger partial charge in [-0.25, -0.2) is 4.99 Å². The van der Waals surface area contributed by atoms with E-state index < -0.39 is 35.4 Å². The molecule has 11 heteroatoms. The lowest BCUT2D eigenvalue weighted by atomic mass is 10.1. The summed E-state index contributed by atoms with van der Waals surface area (Å²) in [6.45, 7) is 1.30. The molecule has 0 aliphatic rings. The lowest BCUT2D eigenvalue weighted by Gasteiger charge is -2.31. The topological polar surface area (TPSA) is 32.6 Å². The maximum atomic E-state index is 13.1. The van der Waals surface area contributed by atoms with E-state index >= 15 is 0 Å². The SMILES string of the molecule is Cc1cccc(/C=N/C(F)(F)C(F)(F)C(F)(F)C(F)(F)F)c1O. The molecule has 0 aromatic heterocycles. The molecule has 0 heterocycles. The molecule has 23 heavy (non-hydrogen) atoms. The second-order valence-corrected chi connectivity index (χ2v) is 4.46. The van der Waals surface area contributed by atoms with Crippen molar-refractivity contribution >= 4 is 6.21 Å². The quantitative estimate of drug-likeness (QED) is 0.481. The Morgan fingerprint density at radius 2 is 1.43 bits per heavy atom. The van der Waals surface area contributed by atoms with E-state index in [9.17, 15) is 44.6 Å². The van der Waals surface area contributed by atoms with Crippen molar-refractivity contribution < 1.29 is 44.6 Å². The average molecular weight is 353 g/mol. The van der Waals surface area contributed by atoms with Gasteiger partial charge in [0.25, 0.3) is 0 Å². The Morgan fingerprint density at radius 1 is 0.913 bits per heavy atom. The molecule has 0 aliphatic heterocycles. The van der Waals surface area contributed by atoms with Crippen molar-refractivity contribution in [1.29, 1.82) is 0 Å². The van der Waals surface area contributed by atoms with Crippen molar-refractivity contribution in [3.63, 3.8) is 0 Å². The molecule has 1 N–H and O–H groups in total. The van der Waals surface area contributed by atoms with Gasteiger partial charge in [0.2, 0.25) is 0 Å². The molecule has 130 valence electrons. The molecule has 0 saturated carbocycles. The Bertz CT molecular complexity index is 607. The summed E-state index contributed by atoms with van der Waals surface area (Å²) >= 11 is 0. The molecule has 0 amide bonds. The summed E-state index contributed by atoms with van der Waals surface area (Å²) in [5.41, 5.74) is -0.444. The molecule has 1 aromatic carbocycles. The van der Waals surface area contributed by atoms with Crippen LogP contribution in [0.1, 0.15) is 11.1 Å². The van der Waals surface area contributed by atoms with Crippen LogP contribution in [0, 0.1) is 6.92 Å². The molecule has 1 aromatic rings. The standard InChI is InChI=1S/C12H8F9NO/c1-6-3-2-4-7(8(6)23)5-22-12(20,21)10(15,16)9(13,14)11(17,18)19/h2-5,23H,1H3/b22-5+. The number of phenolic OH excluding ortho intramolecular Hbond substituents is 1. The zero-order valence-electron chi connectivity index (χ0n) is 11.1. The molecule has 0 spiro atoms. The van der Waals surface area contributed by atoms with Crippen molar-refractivity contribution in [2.45, 2.75) is 31.0 Å². The third kappa shape index (κ3) is 3.22. The maximum Gasteiger partial charge on any atom is 0.460 e. The van der Waals surface area contributed by atoms with Gasteiger partial charge in [-0.05, 0) is 18.6 Å². The van der Waals surface area contributed by atoms with Gasteiger partial charge in [0.05, 0.1) is 0 Å². The fourth-order valence-corrected chi connectivity index (χ4v) is 1.38. The number of alkyl halides is 9. The molecule has 0 bridgehead atoms. The van der Waals surface area contributed by atoms with Crippen LogP contribution < -0.4 is 0 Å². The van der Waals surface area contributed by atoms with Gasteiger partial charge in [-0.1, -0.05) is 12.1 Å². The minimum Gasteiger partial charge on any atom is -0.507 e. The number of hydrogen-bond donors (Lipinski definition) is 1. The number of nitrogens with zero attached hydrogens (tertiary/aromatic N) is 1. The number of aryl methyl sites for hydroxylation is 1. The van der Waals surface area contributed by atoms with Crippen LogP contribution in [0.25, 0.3) is 0 Å². The number of hydrogen-bond acceptors (Lipinski definition) is 2. The van der Waals surface area contributed by atoms with Crippen molar-refractivity contribution in [2.75, 3.05) is 0 Å². The van der Waals surface area contributed by atoms with Crippen LogP contribution in [0.5, 0.6) is 5.75 Å². The fraction of sp³-hybridized carbons (Fsp3) is 0.417. The molecule has 0 saturated heterocycles. The first kappa shape index (κ1) is 19.1. The molecule has 0 atom stereocenters. The van der Waals surface area contributed by atoms with E-state index in [0.717, 1.165) is 6.07 Å². The Morgan fingerprint density at radius 3 is 1.91 bits per heavy atom. The van der Waals surface area contributed by atoms with Gasteiger partial charge < -0.3 is 5.11 Å². The van der Waals surface area contributed by atoms with E-state index in [-0.39, 0.29) is 11.8 Å². The van der Waals surface area contributed by atoms with Gasteiger partial charge in [-0.3, -0.25) is 0 Å². The molecule has 0 unspecified atom stereocenters. The van der Waals surface area contributed by atoms with E-state index in [4.69, 9.17) is 0 Å². The van der Waals surface area contributed by atoms with Crippen molar-refractivity contribution in [3.05, 3.63) is 29.3 Å². The second-order valence-electron chi connectivity index (χ2n) is 4.46. The van der Waals surface area contributed by atoms with Crippen LogP contribution in [0.15, 0.2) is 23.2 Å². The summed E-state index contributed by atoms with van der Waals surface area (Å²) in [5, 5.41) is 9.43. The highest BCUT2D eigenvalue weighted by Gasteiger charge is 2.82. The summed E-state index contributed by atoms with van der Waals surface area (Å²) in [6, 6.07) is -2.65. The lowest BCUT2D eigenvalue weighted by Crippen LogP contribution is -2.60. The average Bonchev–Trinajstić information content (AvgIpc) is 2.38. The first-order valence-electron chi connectivity index (χ1n) is 5.69. The summed E-state index contributed by atoms with van der Waals surface area (Å²) in [7, 11) is 0. The maximum absolute atomic E-state index is 13.1. The molecular weight excluding hydrogens is 345 g/mol. The number of benzene rings is 1. The Kier molecular flexibility index (Phi) is 4.66. The summed E-state index contributed by atoms with van der Waals surface area (Å²) in [4.78, 5) is 1.83. The van der Waals surface area contributed by atoms with Crippen LogP contribution in [0.4, 0.5) is 39.5 Å². The lowest BCUT2D eigenvalue weighted by molar-refractivity contribution is -0.394. The van der Waals surface area contributed by atoms with Crippen LogP contribution >= 0.6 is 0 Å². The largest absolute Gasteiger partial charge is 0.507 e. The van der Waals surface area contributed by atoms with Crippen LogP contribution in [-0.2, 0) is 0 Å². The number of halogens is 9. The number of para-hydroxylation sites is 1. The molecule has 2 nitrogen and oxygen atoms in total. The van der Waals surface area contributed by atoms with Gasteiger partial charge in [-0.15, -0.1) is 0 Å². The Hall–Kier alpha value is -1.94. The van der Waals surface area contributed by atoms with Crippen LogP contribution in [0.2, 0.25) is 0 Å². The molecule has 1 rings (SSSR count). The zero-order valence-corrected chi connectivity index (χ0v) is 11.1. The fourth-order valence-electron chi connectivity index (χ4n) is 1.38. The summed E-state index contributed by atoms with van der Waals surface area (Å²) in [6.07, 6.45) is -7.01. The predicted molar refractivity (Wildman–Crippen MR) is 61.3 cm³/mol. The third-order valence-electron chi connectivity index (χ3n) is 2.76. The van der Waals surface area contributed by atoms with Gasteiger partial charge >= 0.3 is 24.1 Å². The highest BCUT2D eigenvalue weighted by molar-refractivity contribution is 5.84. The van der Waals surface area contributed by atoms with Crippen LogP contribution in [-0.4, -0.2) is 35.4 Å². The van der Waals surface area contributed by atoms with E-state index in [0.29, 0.717) is 0 Å². The number of aromatic hydroxyl groups is 1. The monoisotopic (exact) mass is 353 g/mol. The van der Waals surface area contributed by atoms with Gasteiger partial charge in [0, 0.05) is 11.8 Å². The predicted octanol–water partition coefficient (Wildman–Crippen LogP) is 4.55. The molecular formula is C12H8F9NO. The first-order valence-corrected chi connectivity index (χ1v) is 5.69. The zero-order chi connectivity index (χ0) is 18.3. The third-order valence-corrected chi connectivity index (χ3v) is 2.76. The number of aliphatic imine (C=N–C) groups is 1. The minimum absolute atomic E-state index is 0.108. The van der Waals surface area contributed by atoms with E-state index in [1.54, 1.807) is 0 Å². The number of phenols is 1. The second kappa shape index (κ2) is 5.60. The minimum atomic E-state index is -7.00. The van der Waals surface area contributed by atoms with E-state index in [2.05, 4.69) is 0 Å². The van der Waals surface area contributed by atoms with Crippen LogP contribution in [0.3, 0.4) is 0 Å². The van der Waals surface area contributed by atoms with E-state index in [1.807, 2.05) is 4.99 Å².